The third-order valence-electron chi connectivity index (χ3n) is 5.35. The van der Waals surface area contributed by atoms with Crippen molar-refractivity contribution in [1.82, 2.24) is 15.2 Å². The predicted octanol–water partition coefficient (Wildman–Crippen LogP) is 0.418. The number of nitrogens with zero attached hydrogens (tertiary/aromatic N) is 3. The van der Waals surface area contributed by atoms with Crippen LogP contribution in [0, 0.1) is 11.3 Å². The van der Waals surface area contributed by atoms with E-state index in [-0.39, 0.29) is 53.9 Å². The Morgan fingerprint density at radius 1 is 1.30 bits per heavy atom. The van der Waals surface area contributed by atoms with E-state index in [1.165, 1.54) is 30.9 Å². The van der Waals surface area contributed by atoms with Crippen molar-refractivity contribution in [2.75, 3.05) is 52.3 Å². The number of amides is 2. The van der Waals surface area contributed by atoms with Gasteiger partial charge in [0, 0.05) is 24.8 Å². The molecule has 1 aromatic rings. The molecule has 0 spiro atoms. The molecule has 2 unspecified atom stereocenters. The number of nitrogens with two attached hydrogens (primary N) is 1. The maximum atomic E-state index is 12.9. The molecule has 2 aliphatic rings. The summed E-state index contributed by atoms with van der Waals surface area (Å²) in [7, 11) is 2.71. The summed E-state index contributed by atoms with van der Waals surface area (Å²) >= 11 is 2.42. The normalized spacial score (nSPS) is 23.1. The van der Waals surface area contributed by atoms with E-state index in [1.807, 2.05) is 13.8 Å². The van der Waals surface area contributed by atoms with E-state index >= 15 is 0 Å². The van der Waals surface area contributed by atoms with Gasteiger partial charge in [0.1, 0.15) is 29.6 Å². The number of carbonyl (C=O) groups is 4. The van der Waals surface area contributed by atoms with Gasteiger partial charge in [-0.15, -0.1) is 23.1 Å². The lowest BCUT2D eigenvalue weighted by Crippen LogP contribution is -2.74. The Bertz CT molecular complexity index is 1050. The molecular weight excluding hydrogens is 530 g/mol. The standard InChI is InChI=1S/C21H29N5O9S2/c1-11(2)5-33-20(30)35-10-34-18(29)21(8-31-3)7-26-16(28)14(17(26)37-9-21)24-15(27)13(25-32-4)12-6-36-19(22)23-12/h6,11,14,17H,5,7-10H2,1-4H3,(H2,22,23)(H,24,27)/t14?,17-,21?/m1/s1. The van der Waals surface area contributed by atoms with Crippen molar-refractivity contribution in [1.29, 1.82) is 0 Å². The Morgan fingerprint density at radius 2 is 2.05 bits per heavy atom. The molecule has 204 valence electrons. The first-order valence-electron chi connectivity index (χ1n) is 11.1. The fourth-order valence-electron chi connectivity index (χ4n) is 3.64. The van der Waals surface area contributed by atoms with Gasteiger partial charge in [-0.05, 0) is 5.92 Å². The summed E-state index contributed by atoms with van der Waals surface area (Å²) < 4.78 is 20.0. The molecule has 3 N–H and O–H groups in total. The first kappa shape index (κ1) is 28.5. The number of fused-ring (bicyclic) bond motifs is 1. The van der Waals surface area contributed by atoms with Crippen LogP contribution >= 0.6 is 23.1 Å². The fraction of sp³-hybridized carbons (Fsp3) is 0.619. The minimum absolute atomic E-state index is 0.00196. The van der Waals surface area contributed by atoms with Crippen LogP contribution in [0.25, 0.3) is 0 Å². The number of aromatic nitrogens is 1. The Morgan fingerprint density at radius 3 is 2.68 bits per heavy atom. The van der Waals surface area contributed by atoms with Crippen LogP contribution in [-0.2, 0) is 38.2 Å². The Labute approximate surface area is 221 Å². The molecule has 3 heterocycles. The molecule has 0 radical (unpaired) electrons. The van der Waals surface area contributed by atoms with Gasteiger partial charge in [0.2, 0.25) is 12.7 Å². The van der Waals surface area contributed by atoms with E-state index in [4.69, 9.17) is 29.5 Å². The van der Waals surface area contributed by atoms with E-state index in [0.717, 1.165) is 11.3 Å². The lowest BCUT2D eigenvalue weighted by atomic mass is 9.88. The largest absolute Gasteiger partial charge is 0.511 e. The Hall–Kier alpha value is -3.11. The van der Waals surface area contributed by atoms with Crippen molar-refractivity contribution in [2.45, 2.75) is 25.3 Å². The van der Waals surface area contributed by atoms with Crippen LogP contribution in [0.15, 0.2) is 10.5 Å². The molecule has 37 heavy (non-hydrogen) atoms. The number of thiazole rings is 1. The molecule has 0 aliphatic carbocycles. The molecule has 2 amide bonds. The van der Waals surface area contributed by atoms with Crippen LogP contribution in [0.5, 0.6) is 0 Å². The maximum Gasteiger partial charge on any atom is 0.511 e. The first-order valence-corrected chi connectivity index (χ1v) is 13.1. The lowest BCUT2D eigenvalue weighted by molar-refractivity contribution is -0.173. The third-order valence-corrected chi connectivity index (χ3v) is 7.61. The number of β-lactam (4-membered cyclic amide) rings is 1. The van der Waals surface area contributed by atoms with Crippen molar-refractivity contribution in [3.8, 4) is 0 Å². The molecule has 3 rings (SSSR count). The van der Waals surface area contributed by atoms with Crippen LogP contribution in [0.1, 0.15) is 19.5 Å². The molecule has 14 nitrogen and oxygen atoms in total. The zero-order valence-corrected chi connectivity index (χ0v) is 22.4. The van der Waals surface area contributed by atoms with Gasteiger partial charge in [-0.3, -0.25) is 14.4 Å². The summed E-state index contributed by atoms with van der Waals surface area (Å²) in [6.07, 6.45) is -0.950. The van der Waals surface area contributed by atoms with Gasteiger partial charge in [0.05, 0.1) is 13.2 Å². The molecule has 0 bridgehead atoms. The third kappa shape index (κ3) is 6.61. The number of esters is 1. The molecule has 2 fully saturated rings. The second-order valence-corrected chi connectivity index (χ2v) is 10.7. The van der Waals surface area contributed by atoms with Crippen molar-refractivity contribution < 1.29 is 43.0 Å². The number of nitrogens with one attached hydrogen (secondary N) is 1. The second kappa shape index (κ2) is 12.4. The fourth-order valence-corrected chi connectivity index (χ4v) is 5.70. The average molecular weight is 560 g/mol. The van der Waals surface area contributed by atoms with Gasteiger partial charge in [-0.25, -0.2) is 9.78 Å². The van der Waals surface area contributed by atoms with Gasteiger partial charge in [0.15, 0.2) is 10.8 Å². The van der Waals surface area contributed by atoms with E-state index in [1.54, 1.807) is 5.38 Å². The molecular formula is C21H29N5O9S2. The summed E-state index contributed by atoms with van der Waals surface area (Å²) in [4.78, 5) is 60.5. The number of hydrogen-bond donors (Lipinski definition) is 2. The van der Waals surface area contributed by atoms with Gasteiger partial charge in [-0.1, -0.05) is 19.0 Å². The minimum atomic E-state index is -1.19. The number of anilines is 1. The number of methoxy groups -OCH3 is 1. The smallest absolute Gasteiger partial charge is 0.434 e. The molecule has 2 aliphatic heterocycles. The summed E-state index contributed by atoms with van der Waals surface area (Å²) in [5, 5.41) is 7.76. The van der Waals surface area contributed by atoms with Gasteiger partial charge in [-0.2, -0.15) is 0 Å². The van der Waals surface area contributed by atoms with E-state index in [2.05, 4.69) is 15.5 Å². The minimum Gasteiger partial charge on any atom is -0.434 e. The highest BCUT2D eigenvalue weighted by atomic mass is 32.2. The molecule has 3 atom stereocenters. The number of rotatable bonds is 11. The van der Waals surface area contributed by atoms with Crippen LogP contribution in [-0.4, -0.2) is 97.5 Å². The topological polar surface area (TPSA) is 181 Å². The highest BCUT2D eigenvalue weighted by Gasteiger charge is 2.58. The number of thioether (sulfide) groups is 1. The SMILES string of the molecule is COCC1(C(=O)OCOC(=O)OCC(C)C)CS[C@@H]2C(NC(=O)C(=NOC)c3csc(N)n3)C(=O)N2C1. The predicted molar refractivity (Wildman–Crippen MR) is 133 cm³/mol. The number of carbonyl (C=O) groups excluding carboxylic acids is 4. The van der Waals surface area contributed by atoms with Crippen LogP contribution in [0.3, 0.4) is 0 Å². The highest BCUT2D eigenvalue weighted by molar-refractivity contribution is 8.00. The monoisotopic (exact) mass is 559 g/mol. The van der Waals surface area contributed by atoms with Crippen LogP contribution in [0.2, 0.25) is 0 Å². The number of nitrogen functional groups attached to an aromatic ring is 1. The van der Waals surface area contributed by atoms with Gasteiger partial charge >= 0.3 is 12.1 Å². The van der Waals surface area contributed by atoms with E-state index < -0.39 is 41.7 Å². The van der Waals surface area contributed by atoms with Crippen molar-refractivity contribution >= 4 is 57.9 Å². The highest BCUT2D eigenvalue weighted by Crippen LogP contribution is 2.43. The second-order valence-electron chi connectivity index (χ2n) is 8.67. The van der Waals surface area contributed by atoms with Gasteiger partial charge < -0.3 is 39.7 Å². The number of oxime groups is 1. The number of ether oxygens (including phenoxy) is 4. The molecule has 2 saturated heterocycles. The van der Waals surface area contributed by atoms with Gasteiger partial charge in [0.25, 0.3) is 5.91 Å². The van der Waals surface area contributed by atoms with Crippen LogP contribution < -0.4 is 11.1 Å². The number of hydrogen-bond acceptors (Lipinski definition) is 14. The maximum absolute atomic E-state index is 12.9. The Kier molecular flexibility index (Phi) is 9.56. The average Bonchev–Trinajstić information content (AvgIpc) is 3.30. The molecule has 16 heteroatoms. The van der Waals surface area contributed by atoms with Crippen molar-refractivity contribution in [3.05, 3.63) is 11.1 Å². The summed E-state index contributed by atoms with van der Waals surface area (Å²) in [6.45, 7) is 3.24. The summed E-state index contributed by atoms with van der Waals surface area (Å²) in [6, 6.07) is -0.842. The summed E-state index contributed by atoms with van der Waals surface area (Å²) in [5.74, 6) is -1.37. The van der Waals surface area contributed by atoms with E-state index in [9.17, 15) is 19.2 Å². The zero-order valence-electron chi connectivity index (χ0n) is 20.8. The molecule has 0 aromatic carbocycles. The van der Waals surface area contributed by atoms with Crippen molar-refractivity contribution in [2.24, 2.45) is 16.5 Å². The summed E-state index contributed by atoms with van der Waals surface area (Å²) in [5.41, 5.74) is 4.56. The first-order chi connectivity index (χ1) is 17.6. The molecule has 1 aromatic heterocycles. The lowest BCUT2D eigenvalue weighted by Gasteiger charge is -2.53. The molecule has 0 saturated carbocycles. The quantitative estimate of drug-likeness (QED) is 0.126. The zero-order chi connectivity index (χ0) is 27.2. The van der Waals surface area contributed by atoms with Crippen LogP contribution in [0.4, 0.5) is 9.93 Å². The van der Waals surface area contributed by atoms with Crippen molar-refractivity contribution in [3.63, 3.8) is 0 Å². The Balaban J connectivity index is 1.59. The van der Waals surface area contributed by atoms with E-state index in [0.29, 0.717) is 0 Å².